The zero-order valence-electron chi connectivity index (χ0n) is 24.7. The molecule has 3 aliphatic heterocycles. The summed E-state index contributed by atoms with van der Waals surface area (Å²) in [5, 5.41) is 10.6. The number of methoxy groups -OCH3 is 1. The Bertz CT molecular complexity index is 1180. The van der Waals surface area contributed by atoms with E-state index in [0.29, 0.717) is 38.9 Å². The molecule has 7 atom stereocenters. The van der Waals surface area contributed by atoms with Crippen LogP contribution >= 0.6 is 0 Å². The normalized spacial score (nSPS) is 36.6. The fourth-order valence-electron chi connectivity index (χ4n) is 7.83. The average molecular weight is 587 g/mol. The van der Waals surface area contributed by atoms with Crippen LogP contribution in [0.3, 0.4) is 0 Å². The Morgan fingerprint density at radius 1 is 1.07 bits per heavy atom. The third kappa shape index (κ3) is 4.75. The van der Waals surface area contributed by atoms with Crippen LogP contribution in [0.5, 0.6) is 0 Å². The van der Waals surface area contributed by atoms with Crippen molar-refractivity contribution in [1.82, 2.24) is 0 Å². The van der Waals surface area contributed by atoms with Crippen LogP contribution in [-0.2, 0) is 42.9 Å². The van der Waals surface area contributed by atoms with Crippen molar-refractivity contribution in [2.45, 2.75) is 89.3 Å². The largest absolute Gasteiger partial charge is 0.480 e. The number of esters is 2. The van der Waals surface area contributed by atoms with Gasteiger partial charge in [0.15, 0.2) is 17.0 Å². The Morgan fingerprint density at radius 3 is 2.45 bits per heavy atom. The van der Waals surface area contributed by atoms with Gasteiger partial charge < -0.3 is 28.8 Å². The highest BCUT2D eigenvalue weighted by molar-refractivity contribution is 6.11. The van der Waals surface area contributed by atoms with Crippen molar-refractivity contribution in [3.63, 3.8) is 0 Å². The predicted octanol–water partition coefficient (Wildman–Crippen LogP) is 4.28. The fraction of sp³-hybridized carbons (Fsp3) is 0.688. The quantitative estimate of drug-likeness (QED) is 0.153. The second-order valence-corrected chi connectivity index (χ2v) is 12.0. The van der Waals surface area contributed by atoms with Crippen LogP contribution in [-0.4, -0.2) is 66.8 Å². The molecule has 5 rings (SSSR count). The number of ether oxygens (including phenoxy) is 5. The number of carbonyl (C=O) groups is 4. The van der Waals surface area contributed by atoms with Crippen LogP contribution in [0.1, 0.15) is 71.6 Å². The van der Waals surface area contributed by atoms with Crippen LogP contribution < -0.4 is 0 Å². The van der Waals surface area contributed by atoms with Gasteiger partial charge in [-0.3, -0.25) is 19.2 Å². The number of aliphatic carboxylic acids is 1. The Labute approximate surface area is 246 Å². The first-order valence-corrected chi connectivity index (χ1v) is 15.2. The first-order valence-electron chi connectivity index (χ1n) is 15.2. The van der Waals surface area contributed by atoms with Gasteiger partial charge in [-0.15, -0.1) is 0 Å². The van der Waals surface area contributed by atoms with E-state index in [1.165, 1.54) is 0 Å². The van der Waals surface area contributed by atoms with Gasteiger partial charge in [-0.05, 0) is 64.2 Å². The molecule has 10 nitrogen and oxygen atoms in total. The first-order chi connectivity index (χ1) is 20.2. The monoisotopic (exact) mass is 586 g/mol. The number of hydrogen-bond acceptors (Lipinski definition) is 9. The van der Waals surface area contributed by atoms with E-state index < -0.39 is 65.0 Å². The molecule has 3 saturated heterocycles. The smallest absolute Gasteiger partial charge is 0.330 e. The molecule has 230 valence electrons. The molecule has 1 spiro atoms. The lowest BCUT2D eigenvalue weighted by Crippen LogP contribution is -2.64. The number of rotatable bonds is 12. The number of allylic oxidation sites excluding steroid dienone is 5. The number of carboxylic acid groups (broad SMARTS) is 1. The summed E-state index contributed by atoms with van der Waals surface area (Å²) >= 11 is 0. The molecule has 0 radical (unpaired) electrons. The van der Waals surface area contributed by atoms with Crippen molar-refractivity contribution in [2.24, 2.45) is 29.1 Å². The van der Waals surface area contributed by atoms with Crippen LogP contribution in [0.4, 0.5) is 0 Å². The Balaban J connectivity index is 1.60. The lowest BCUT2D eigenvalue weighted by molar-refractivity contribution is -0.337. The standard InChI is InChI=1S/C32H42O10/c1-4-6-8-9-10-11-13-20-17-23-30(28(35)36)19-22(27(34)38-3)26(33)25-21(20)18-24(41-32(23,25)42-29(30)37)31(14-12-7-5-2)39-15-16-40-31/h4-7,17,20-22,24-25H,8-16,18-19H2,1-3H3,(H,35,36)/b6-4+,7-5+/t20-,21-,22?,24-,25+,30+,32+/m1/s1. The van der Waals surface area contributed by atoms with E-state index in [4.69, 9.17) is 23.7 Å². The number of hydrogen-bond donors (Lipinski definition) is 1. The van der Waals surface area contributed by atoms with Crippen molar-refractivity contribution in [3.05, 3.63) is 36.0 Å². The van der Waals surface area contributed by atoms with Crippen molar-refractivity contribution >= 4 is 23.7 Å². The fourth-order valence-corrected chi connectivity index (χ4v) is 7.83. The summed E-state index contributed by atoms with van der Waals surface area (Å²) in [5.41, 5.74) is -2.12. The van der Waals surface area contributed by atoms with Crippen molar-refractivity contribution in [3.8, 4) is 0 Å². The van der Waals surface area contributed by atoms with E-state index in [2.05, 4.69) is 6.08 Å². The van der Waals surface area contributed by atoms with Gasteiger partial charge in [0.05, 0.1) is 26.2 Å². The summed E-state index contributed by atoms with van der Waals surface area (Å²) in [7, 11) is 1.15. The van der Waals surface area contributed by atoms with E-state index in [1.54, 1.807) is 0 Å². The molecule has 1 saturated carbocycles. The molecule has 5 bridgehead atoms. The van der Waals surface area contributed by atoms with E-state index in [9.17, 15) is 24.3 Å². The molecule has 1 unspecified atom stereocenters. The van der Waals surface area contributed by atoms with E-state index in [1.807, 2.05) is 38.2 Å². The molecule has 2 aliphatic carbocycles. The van der Waals surface area contributed by atoms with Gasteiger partial charge in [0.2, 0.25) is 5.79 Å². The highest BCUT2D eigenvalue weighted by atomic mass is 16.8. The first kappa shape index (κ1) is 30.6. The predicted molar refractivity (Wildman–Crippen MR) is 149 cm³/mol. The van der Waals surface area contributed by atoms with Crippen LogP contribution in [0.15, 0.2) is 36.0 Å². The second kappa shape index (κ2) is 12.1. The molecule has 0 aromatic rings. The molecule has 3 heterocycles. The highest BCUT2D eigenvalue weighted by Gasteiger charge is 2.78. The van der Waals surface area contributed by atoms with Gasteiger partial charge >= 0.3 is 17.9 Å². The van der Waals surface area contributed by atoms with Gasteiger partial charge in [-0.2, -0.15) is 0 Å². The summed E-state index contributed by atoms with van der Waals surface area (Å²) in [4.78, 5) is 53.9. The molecule has 10 heteroatoms. The summed E-state index contributed by atoms with van der Waals surface area (Å²) in [6, 6.07) is 0. The maximum Gasteiger partial charge on any atom is 0.330 e. The number of Topliss-reactive ketones (excluding diaryl/α,β-unsaturated/α-hetero) is 1. The molecule has 4 fully saturated rings. The number of carbonyl (C=O) groups excluding carboxylic acids is 3. The van der Waals surface area contributed by atoms with Crippen LogP contribution in [0.25, 0.3) is 0 Å². The van der Waals surface area contributed by atoms with Gasteiger partial charge in [0.25, 0.3) is 0 Å². The Morgan fingerprint density at radius 2 is 1.79 bits per heavy atom. The van der Waals surface area contributed by atoms with Gasteiger partial charge in [-0.25, -0.2) is 0 Å². The Kier molecular flexibility index (Phi) is 8.79. The molecular formula is C32H42O10. The molecule has 42 heavy (non-hydrogen) atoms. The molecule has 5 aliphatic rings. The summed E-state index contributed by atoms with van der Waals surface area (Å²) in [6.45, 7) is 4.64. The summed E-state index contributed by atoms with van der Waals surface area (Å²) in [5.74, 6) is -10.0. The van der Waals surface area contributed by atoms with E-state index >= 15 is 0 Å². The maximum atomic E-state index is 14.3. The third-order valence-electron chi connectivity index (χ3n) is 9.82. The summed E-state index contributed by atoms with van der Waals surface area (Å²) < 4.78 is 30.0. The highest BCUT2D eigenvalue weighted by Crippen LogP contribution is 2.65. The minimum Gasteiger partial charge on any atom is -0.480 e. The lowest BCUT2D eigenvalue weighted by Gasteiger charge is -2.54. The van der Waals surface area contributed by atoms with Crippen molar-refractivity contribution in [2.75, 3.05) is 20.3 Å². The average Bonchev–Trinajstić information content (AvgIpc) is 3.52. The molecule has 0 amide bonds. The van der Waals surface area contributed by atoms with E-state index in [0.717, 1.165) is 32.8 Å². The topological polar surface area (TPSA) is 135 Å². The molecule has 0 aromatic heterocycles. The lowest BCUT2D eigenvalue weighted by atomic mass is 9.60. The van der Waals surface area contributed by atoms with Crippen molar-refractivity contribution < 1.29 is 48.0 Å². The van der Waals surface area contributed by atoms with Gasteiger partial charge in [-0.1, -0.05) is 43.2 Å². The minimum atomic E-state index is -2.24. The Hall–Kier alpha value is -2.82. The van der Waals surface area contributed by atoms with Crippen LogP contribution in [0, 0.1) is 29.1 Å². The molecule has 1 N–H and O–H groups in total. The minimum absolute atomic E-state index is 0.124. The van der Waals surface area contributed by atoms with Crippen LogP contribution in [0.2, 0.25) is 0 Å². The summed E-state index contributed by atoms with van der Waals surface area (Å²) in [6.07, 6.45) is 14.6. The number of ketones is 1. The maximum absolute atomic E-state index is 14.3. The van der Waals surface area contributed by atoms with Gasteiger partial charge in [0.1, 0.15) is 12.0 Å². The number of unbranched alkanes of at least 4 members (excludes halogenated alkanes) is 3. The molecular weight excluding hydrogens is 544 g/mol. The third-order valence-corrected chi connectivity index (χ3v) is 9.82. The van der Waals surface area contributed by atoms with Gasteiger partial charge in [0, 0.05) is 12.0 Å². The SMILES string of the molecule is C/C=C/CCCCC[C@@H]1C=C2[C@]3(C(=O)O)CC(C(=O)OC)C(=O)[C@@H]4[C@@H]1C[C@H](C1(CC/C=C/C)OCCO1)O[C@]24OC3=O. The van der Waals surface area contributed by atoms with E-state index in [-0.39, 0.29) is 17.4 Å². The second-order valence-electron chi connectivity index (χ2n) is 12.0. The zero-order valence-corrected chi connectivity index (χ0v) is 24.7. The van der Waals surface area contributed by atoms with Crippen molar-refractivity contribution in [1.29, 1.82) is 0 Å². The molecule has 0 aromatic carbocycles. The zero-order chi connectivity index (χ0) is 30.1. The number of carboxylic acids is 1.